The molecule has 2 N–H and O–H groups in total. The predicted molar refractivity (Wildman–Crippen MR) is 130 cm³/mol. The van der Waals surface area contributed by atoms with Gasteiger partial charge in [0.15, 0.2) is 0 Å². The highest BCUT2D eigenvalue weighted by atomic mass is 19.3. The maximum Gasteiger partial charge on any atom is 0.408 e. The standard InChI is InChI=1S/C25H34F2N6O4/c1-13(17-10-18(21(26)27)31-32-23(17)36-5)33-12-16(11-28-33)29-22(34)20(30-24(35)37-25(2,3)4)19(14-6-7-14)15-8-9-15/h10-15,19-21H,6-9H2,1-5H3,(H,29,34)(H,30,35). The molecule has 2 saturated carbocycles. The highest BCUT2D eigenvalue weighted by molar-refractivity contribution is 5.96. The van der Waals surface area contributed by atoms with E-state index in [0.717, 1.165) is 25.7 Å². The van der Waals surface area contributed by atoms with Crippen molar-refractivity contribution in [3.05, 3.63) is 29.7 Å². The molecule has 37 heavy (non-hydrogen) atoms. The third-order valence-electron chi connectivity index (χ3n) is 6.61. The zero-order chi connectivity index (χ0) is 26.9. The SMILES string of the molecule is COc1nnc(C(F)F)cc1C(C)n1cc(NC(=O)C(NC(=O)OC(C)(C)C)C(C2CC2)C2CC2)cn1. The van der Waals surface area contributed by atoms with Crippen LogP contribution in [0.5, 0.6) is 5.88 Å². The van der Waals surface area contributed by atoms with Crippen molar-refractivity contribution in [1.82, 2.24) is 25.3 Å². The van der Waals surface area contributed by atoms with Gasteiger partial charge in [-0.15, -0.1) is 10.2 Å². The first-order valence-corrected chi connectivity index (χ1v) is 12.5. The molecule has 2 fully saturated rings. The number of hydrogen-bond acceptors (Lipinski definition) is 7. The first kappa shape index (κ1) is 26.7. The van der Waals surface area contributed by atoms with Crippen molar-refractivity contribution in [3.63, 3.8) is 0 Å². The highest BCUT2D eigenvalue weighted by Crippen LogP contribution is 2.51. The van der Waals surface area contributed by atoms with Gasteiger partial charge >= 0.3 is 6.09 Å². The maximum atomic E-state index is 13.4. The van der Waals surface area contributed by atoms with Gasteiger partial charge in [-0.1, -0.05) is 0 Å². The molecule has 0 spiro atoms. The summed E-state index contributed by atoms with van der Waals surface area (Å²) in [7, 11) is 1.38. The second-order valence-corrected chi connectivity index (χ2v) is 10.8. The Kier molecular flexibility index (Phi) is 7.65. The summed E-state index contributed by atoms with van der Waals surface area (Å²) in [6.07, 6.45) is 3.82. The molecule has 2 unspecified atom stereocenters. The predicted octanol–water partition coefficient (Wildman–Crippen LogP) is 4.50. The Morgan fingerprint density at radius 1 is 1.14 bits per heavy atom. The summed E-state index contributed by atoms with van der Waals surface area (Å²) in [5.41, 5.74) is -0.371. The average Bonchev–Trinajstić information content (AvgIpc) is 3.76. The van der Waals surface area contributed by atoms with Gasteiger partial charge in [-0.2, -0.15) is 5.10 Å². The van der Waals surface area contributed by atoms with E-state index < -0.39 is 35.9 Å². The lowest BCUT2D eigenvalue weighted by molar-refractivity contribution is -0.120. The number of nitrogens with zero attached hydrogens (tertiary/aromatic N) is 4. The van der Waals surface area contributed by atoms with Crippen LogP contribution in [-0.2, 0) is 9.53 Å². The maximum absolute atomic E-state index is 13.4. The summed E-state index contributed by atoms with van der Waals surface area (Å²) < 4.78 is 38.5. The number of aromatic nitrogens is 4. The Morgan fingerprint density at radius 3 is 2.32 bits per heavy atom. The minimum atomic E-state index is -2.78. The van der Waals surface area contributed by atoms with E-state index in [1.165, 1.54) is 24.1 Å². The number of anilines is 1. The lowest BCUT2D eigenvalue weighted by atomic mass is 9.89. The summed E-state index contributed by atoms with van der Waals surface area (Å²) in [6, 6.07) is -0.0405. The lowest BCUT2D eigenvalue weighted by Gasteiger charge is -2.28. The molecule has 2 aromatic rings. The van der Waals surface area contributed by atoms with Crippen LogP contribution in [-0.4, -0.2) is 50.7 Å². The largest absolute Gasteiger partial charge is 0.480 e. The molecule has 2 heterocycles. The van der Waals surface area contributed by atoms with E-state index in [9.17, 15) is 18.4 Å². The third kappa shape index (κ3) is 6.72. The molecular formula is C25H34F2N6O4. The number of methoxy groups -OCH3 is 1. The van der Waals surface area contributed by atoms with Crippen LogP contribution in [0, 0.1) is 17.8 Å². The van der Waals surface area contributed by atoms with E-state index in [1.807, 2.05) is 0 Å². The molecule has 2 aliphatic rings. The Labute approximate surface area is 214 Å². The van der Waals surface area contributed by atoms with Crippen LogP contribution >= 0.6 is 0 Å². The first-order valence-electron chi connectivity index (χ1n) is 12.5. The van der Waals surface area contributed by atoms with E-state index >= 15 is 0 Å². The molecule has 0 saturated heterocycles. The summed E-state index contributed by atoms with van der Waals surface area (Å²) in [4.78, 5) is 26.0. The number of amides is 2. The number of nitrogens with one attached hydrogen (secondary N) is 2. The van der Waals surface area contributed by atoms with Crippen LogP contribution in [0.15, 0.2) is 18.5 Å². The molecule has 10 nitrogen and oxygen atoms in total. The zero-order valence-corrected chi connectivity index (χ0v) is 21.7. The van der Waals surface area contributed by atoms with Crippen molar-refractivity contribution in [1.29, 1.82) is 0 Å². The molecule has 4 rings (SSSR count). The van der Waals surface area contributed by atoms with Crippen LogP contribution < -0.4 is 15.4 Å². The van der Waals surface area contributed by atoms with Gasteiger partial charge in [-0.05, 0) is 77.2 Å². The second-order valence-electron chi connectivity index (χ2n) is 10.8. The highest BCUT2D eigenvalue weighted by Gasteiger charge is 2.48. The van der Waals surface area contributed by atoms with Crippen molar-refractivity contribution in [2.75, 3.05) is 12.4 Å². The summed E-state index contributed by atoms with van der Waals surface area (Å²) in [5.74, 6) is 0.607. The minimum absolute atomic E-state index is 0.0430. The number of halogens is 2. The molecule has 2 aromatic heterocycles. The molecule has 2 amide bonds. The fourth-order valence-electron chi connectivity index (χ4n) is 4.61. The fraction of sp³-hybridized carbons (Fsp3) is 0.640. The van der Waals surface area contributed by atoms with Crippen molar-refractivity contribution < 1.29 is 27.8 Å². The quantitative estimate of drug-likeness (QED) is 0.473. The average molecular weight is 521 g/mol. The van der Waals surface area contributed by atoms with Crippen molar-refractivity contribution in [2.24, 2.45) is 17.8 Å². The Hall–Kier alpha value is -3.31. The number of alkyl halides is 2. The van der Waals surface area contributed by atoms with Gasteiger partial charge in [0.25, 0.3) is 6.43 Å². The molecule has 202 valence electrons. The Bertz CT molecular complexity index is 1110. The van der Waals surface area contributed by atoms with E-state index in [-0.39, 0.29) is 17.7 Å². The zero-order valence-electron chi connectivity index (χ0n) is 21.7. The van der Waals surface area contributed by atoms with Gasteiger partial charge in [0.1, 0.15) is 17.3 Å². The van der Waals surface area contributed by atoms with E-state index in [4.69, 9.17) is 9.47 Å². The van der Waals surface area contributed by atoms with Gasteiger partial charge in [0.05, 0.1) is 25.0 Å². The van der Waals surface area contributed by atoms with Gasteiger partial charge in [0, 0.05) is 11.8 Å². The Morgan fingerprint density at radius 2 is 1.78 bits per heavy atom. The summed E-state index contributed by atoms with van der Waals surface area (Å²) >= 11 is 0. The molecular weight excluding hydrogens is 486 g/mol. The molecule has 2 aliphatic carbocycles. The van der Waals surface area contributed by atoms with Crippen LogP contribution in [0.3, 0.4) is 0 Å². The van der Waals surface area contributed by atoms with E-state index in [2.05, 4.69) is 25.9 Å². The number of alkyl carbamates (subject to hydrolysis) is 1. The van der Waals surface area contributed by atoms with Crippen molar-refractivity contribution in [3.8, 4) is 5.88 Å². The number of rotatable bonds is 10. The molecule has 12 heteroatoms. The molecule has 0 bridgehead atoms. The smallest absolute Gasteiger partial charge is 0.408 e. The normalized spacial score (nSPS) is 17.4. The number of ether oxygens (including phenoxy) is 2. The van der Waals surface area contributed by atoms with Crippen LogP contribution in [0.1, 0.15) is 77.1 Å². The van der Waals surface area contributed by atoms with Crippen molar-refractivity contribution >= 4 is 17.7 Å². The van der Waals surface area contributed by atoms with Gasteiger partial charge in [-0.3, -0.25) is 9.48 Å². The number of carbonyl (C=O) groups is 2. The second kappa shape index (κ2) is 10.6. The first-order chi connectivity index (χ1) is 17.5. The summed E-state index contributed by atoms with van der Waals surface area (Å²) in [6.45, 7) is 7.06. The molecule has 0 aromatic carbocycles. The third-order valence-corrected chi connectivity index (χ3v) is 6.61. The summed E-state index contributed by atoms with van der Waals surface area (Å²) in [5, 5.41) is 17.2. The molecule has 2 atom stereocenters. The monoisotopic (exact) mass is 520 g/mol. The van der Waals surface area contributed by atoms with E-state index in [1.54, 1.807) is 33.9 Å². The number of carbonyl (C=O) groups excluding carboxylic acids is 2. The van der Waals surface area contributed by atoms with Crippen LogP contribution in [0.25, 0.3) is 0 Å². The lowest BCUT2D eigenvalue weighted by Crippen LogP contribution is -2.51. The van der Waals surface area contributed by atoms with E-state index in [0.29, 0.717) is 23.1 Å². The fourth-order valence-corrected chi connectivity index (χ4v) is 4.61. The van der Waals surface area contributed by atoms with Gasteiger partial charge in [0.2, 0.25) is 11.8 Å². The minimum Gasteiger partial charge on any atom is -0.480 e. The molecule has 0 aliphatic heterocycles. The van der Waals surface area contributed by atoms with Gasteiger partial charge in [-0.25, -0.2) is 13.6 Å². The topological polar surface area (TPSA) is 120 Å². The van der Waals surface area contributed by atoms with Crippen LogP contribution in [0.4, 0.5) is 19.3 Å². The number of hydrogen-bond donors (Lipinski definition) is 2. The van der Waals surface area contributed by atoms with Gasteiger partial charge < -0.3 is 20.1 Å². The van der Waals surface area contributed by atoms with Crippen molar-refractivity contribution in [2.45, 2.75) is 77.5 Å². The van der Waals surface area contributed by atoms with Crippen LogP contribution in [0.2, 0.25) is 0 Å². The molecule has 0 radical (unpaired) electrons. The Balaban J connectivity index is 1.51.